The molecule has 1 heterocycles. The Kier molecular flexibility index (Phi) is 0.628. The zero-order chi connectivity index (χ0) is 6.01. The average molecular weight is 123 g/mol. The van der Waals surface area contributed by atoms with E-state index in [4.69, 9.17) is 4.74 Å². The van der Waals surface area contributed by atoms with Crippen molar-refractivity contribution in [3.8, 4) is 0 Å². The first-order valence-corrected chi connectivity index (χ1v) is 3.85. The number of hydrogen-bond acceptors (Lipinski definition) is 1. The van der Waals surface area contributed by atoms with Crippen LogP contribution < -0.4 is 0 Å². The fourth-order valence-corrected chi connectivity index (χ4v) is 2.73. The minimum absolute atomic E-state index is 0.659. The standard InChI is InChI=1S/C8H11O/c1-4-2-5-3-6(4)8-7(5)9-8/h4-8H,1-3H2. The number of ether oxygens (including phenoxy) is 1. The summed E-state index contributed by atoms with van der Waals surface area (Å²) in [5.74, 6) is 2.47. The van der Waals surface area contributed by atoms with Gasteiger partial charge in [0, 0.05) is 0 Å². The smallest absolute Gasteiger partial charge is 0.0875 e. The maximum Gasteiger partial charge on any atom is 0.0875 e. The lowest BCUT2D eigenvalue weighted by atomic mass is 9.91. The fraction of sp³-hybridized carbons (Fsp3) is 0.875. The Hall–Kier alpha value is -0.0400. The highest BCUT2D eigenvalue weighted by atomic mass is 16.6. The molecule has 0 aromatic carbocycles. The van der Waals surface area contributed by atoms with Gasteiger partial charge in [-0.3, -0.25) is 0 Å². The monoisotopic (exact) mass is 123 g/mol. The zero-order valence-electron chi connectivity index (χ0n) is 5.42. The van der Waals surface area contributed by atoms with E-state index in [0.717, 1.165) is 17.8 Å². The van der Waals surface area contributed by atoms with E-state index in [1.165, 1.54) is 12.8 Å². The summed E-state index contributed by atoms with van der Waals surface area (Å²) >= 11 is 0. The Morgan fingerprint density at radius 3 is 2.67 bits per heavy atom. The van der Waals surface area contributed by atoms with E-state index in [2.05, 4.69) is 6.92 Å². The maximum atomic E-state index is 5.47. The SMILES string of the molecule is [CH2]C1CC2CC1C1OC21. The van der Waals surface area contributed by atoms with Gasteiger partial charge in [0.1, 0.15) is 0 Å². The van der Waals surface area contributed by atoms with Crippen molar-refractivity contribution < 1.29 is 4.74 Å². The summed E-state index contributed by atoms with van der Waals surface area (Å²) in [6.45, 7) is 4.12. The molecule has 49 valence electrons. The third kappa shape index (κ3) is 0.420. The molecule has 3 aliphatic rings. The summed E-state index contributed by atoms with van der Waals surface area (Å²) in [6, 6.07) is 0. The van der Waals surface area contributed by atoms with Crippen LogP contribution in [0.15, 0.2) is 0 Å². The van der Waals surface area contributed by atoms with E-state index < -0.39 is 0 Å². The maximum absolute atomic E-state index is 5.47. The molecule has 0 N–H and O–H groups in total. The molecule has 2 aliphatic carbocycles. The minimum Gasteiger partial charge on any atom is -0.369 e. The first-order chi connectivity index (χ1) is 4.36. The Balaban J connectivity index is 1.96. The molecule has 1 nitrogen and oxygen atoms in total. The molecule has 5 atom stereocenters. The Morgan fingerprint density at radius 2 is 2.11 bits per heavy atom. The van der Waals surface area contributed by atoms with Gasteiger partial charge in [0.25, 0.3) is 0 Å². The minimum atomic E-state index is 0.659. The molecule has 2 saturated carbocycles. The van der Waals surface area contributed by atoms with Gasteiger partial charge in [-0.05, 0) is 37.5 Å². The third-order valence-electron chi connectivity index (χ3n) is 3.23. The van der Waals surface area contributed by atoms with Crippen molar-refractivity contribution in [3.05, 3.63) is 6.92 Å². The van der Waals surface area contributed by atoms with Crippen molar-refractivity contribution in [2.45, 2.75) is 25.0 Å². The summed E-state index contributed by atoms with van der Waals surface area (Å²) < 4.78 is 5.47. The average Bonchev–Trinajstić information content (AvgIpc) is 2.46. The summed E-state index contributed by atoms with van der Waals surface area (Å²) in [5, 5.41) is 0. The van der Waals surface area contributed by atoms with E-state index in [1.807, 2.05) is 0 Å². The largest absolute Gasteiger partial charge is 0.369 e. The molecule has 2 bridgehead atoms. The van der Waals surface area contributed by atoms with Gasteiger partial charge in [0.05, 0.1) is 12.2 Å². The third-order valence-corrected chi connectivity index (χ3v) is 3.23. The summed E-state index contributed by atoms with van der Waals surface area (Å²) in [7, 11) is 0. The van der Waals surface area contributed by atoms with Gasteiger partial charge in [0.2, 0.25) is 0 Å². The summed E-state index contributed by atoms with van der Waals surface area (Å²) in [6.07, 6.45) is 4.11. The van der Waals surface area contributed by atoms with E-state index in [9.17, 15) is 0 Å². The zero-order valence-corrected chi connectivity index (χ0v) is 5.42. The highest BCUT2D eigenvalue weighted by Crippen LogP contribution is 2.58. The Bertz CT molecular complexity index is 151. The van der Waals surface area contributed by atoms with Gasteiger partial charge in [-0.25, -0.2) is 0 Å². The van der Waals surface area contributed by atoms with Crippen molar-refractivity contribution in [1.29, 1.82) is 0 Å². The lowest BCUT2D eigenvalue weighted by Gasteiger charge is -2.11. The van der Waals surface area contributed by atoms with Crippen LogP contribution in [0.2, 0.25) is 0 Å². The van der Waals surface area contributed by atoms with Crippen molar-refractivity contribution >= 4 is 0 Å². The molecule has 0 aromatic heterocycles. The predicted octanol–water partition coefficient (Wildman–Crippen LogP) is 1.24. The molecule has 1 saturated heterocycles. The topological polar surface area (TPSA) is 12.5 Å². The molecule has 3 rings (SSSR count). The summed E-state index contributed by atoms with van der Waals surface area (Å²) in [4.78, 5) is 0. The predicted molar refractivity (Wildman–Crippen MR) is 33.7 cm³/mol. The quantitative estimate of drug-likeness (QED) is 0.441. The van der Waals surface area contributed by atoms with Crippen LogP contribution in [-0.2, 0) is 4.74 Å². The van der Waals surface area contributed by atoms with Crippen LogP contribution in [-0.4, -0.2) is 12.2 Å². The van der Waals surface area contributed by atoms with E-state index in [-0.39, 0.29) is 0 Å². The van der Waals surface area contributed by atoms with E-state index >= 15 is 0 Å². The number of epoxide rings is 1. The van der Waals surface area contributed by atoms with Crippen LogP contribution in [0.3, 0.4) is 0 Å². The van der Waals surface area contributed by atoms with Crippen LogP contribution in [0.5, 0.6) is 0 Å². The van der Waals surface area contributed by atoms with Crippen molar-refractivity contribution in [3.63, 3.8) is 0 Å². The van der Waals surface area contributed by atoms with Gasteiger partial charge in [0.15, 0.2) is 0 Å². The number of hydrogen-bond donors (Lipinski definition) is 0. The van der Waals surface area contributed by atoms with Gasteiger partial charge in [-0.2, -0.15) is 0 Å². The van der Waals surface area contributed by atoms with Crippen molar-refractivity contribution in [2.24, 2.45) is 17.8 Å². The van der Waals surface area contributed by atoms with Crippen molar-refractivity contribution in [1.82, 2.24) is 0 Å². The van der Waals surface area contributed by atoms with E-state index in [0.29, 0.717) is 12.2 Å². The lowest BCUT2D eigenvalue weighted by molar-refractivity contribution is 0.258. The van der Waals surface area contributed by atoms with Crippen LogP contribution in [0, 0.1) is 24.7 Å². The first kappa shape index (κ1) is 4.73. The molecule has 9 heavy (non-hydrogen) atoms. The summed E-state index contributed by atoms with van der Waals surface area (Å²) in [5.41, 5.74) is 0. The molecule has 5 unspecified atom stereocenters. The molecule has 0 spiro atoms. The van der Waals surface area contributed by atoms with Gasteiger partial charge in [-0.1, -0.05) is 0 Å². The fourth-order valence-electron chi connectivity index (χ4n) is 2.73. The highest BCUT2D eigenvalue weighted by molar-refractivity contribution is 5.10. The molecule has 3 fully saturated rings. The second kappa shape index (κ2) is 1.20. The number of rotatable bonds is 0. The van der Waals surface area contributed by atoms with Gasteiger partial charge >= 0.3 is 0 Å². The molecule has 0 amide bonds. The normalized spacial score (nSPS) is 68.3. The lowest BCUT2D eigenvalue weighted by Crippen LogP contribution is -2.14. The molecule has 1 radical (unpaired) electrons. The molecular weight excluding hydrogens is 112 g/mol. The van der Waals surface area contributed by atoms with Crippen LogP contribution in [0.4, 0.5) is 0 Å². The van der Waals surface area contributed by atoms with Crippen LogP contribution in [0.1, 0.15) is 12.8 Å². The van der Waals surface area contributed by atoms with Crippen LogP contribution >= 0.6 is 0 Å². The van der Waals surface area contributed by atoms with E-state index in [1.54, 1.807) is 0 Å². The molecule has 1 heteroatoms. The Labute approximate surface area is 55.4 Å². The second-order valence-electron chi connectivity index (χ2n) is 3.72. The highest BCUT2D eigenvalue weighted by Gasteiger charge is 2.61. The second-order valence-corrected chi connectivity index (χ2v) is 3.72. The number of fused-ring (bicyclic) bond motifs is 5. The molecule has 0 aromatic rings. The first-order valence-electron chi connectivity index (χ1n) is 3.85. The van der Waals surface area contributed by atoms with Crippen LogP contribution in [0.25, 0.3) is 0 Å². The Morgan fingerprint density at radius 1 is 1.22 bits per heavy atom. The molecule has 1 aliphatic heterocycles. The molecular formula is C8H11O. The van der Waals surface area contributed by atoms with Gasteiger partial charge in [-0.15, -0.1) is 0 Å². The van der Waals surface area contributed by atoms with Gasteiger partial charge < -0.3 is 4.74 Å². The van der Waals surface area contributed by atoms with Crippen molar-refractivity contribution in [2.75, 3.05) is 0 Å².